The van der Waals surface area contributed by atoms with Crippen molar-refractivity contribution in [2.24, 2.45) is 0 Å². The zero-order chi connectivity index (χ0) is 15.6. The SMILES string of the molecule is FC(F)(F)Oc1ccccc1CNc1ccc2cc[nH]c2n1. The molecule has 0 bridgehead atoms. The van der Waals surface area contributed by atoms with Gasteiger partial charge in [-0.3, -0.25) is 0 Å². The number of pyridine rings is 1. The number of H-pyrrole nitrogens is 1. The summed E-state index contributed by atoms with van der Waals surface area (Å²) in [4.78, 5) is 7.30. The number of anilines is 1. The van der Waals surface area contributed by atoms with E-state index in [2.05, 4.69) is 20.0 Å². The van der Waals surface area contributed by atoms with Crippen molar-refractivity contribution in [1.29, 1.82) is 0 Å². The number of fused-ring (bicyclic) bond motifs is 1. The molecule has 0 unspecified atom stereocenters. The van der Waals surface area contributed by atoms with Gasteiger partial charge in [-0.2, -0.15) is 0 Å². The summed E-state index contributed by atoms with van der Waals surface area (Å²) in [6.45, 7) is 0.172. The van der Waals surface area contributed by atoms with Gasteiger partial charge in [0, 0.05) is 23.7 Å². The Morgan fingerprint density at radius 3 is 2.73 bits per heavy atom. The number of rotatable bonds is 4. The van der Waals surface area contributed by atoms with Crippen LogP contribution in [0.2, 0.25) is 0 Å². The molecule has 0 spiro atoms. The Morgan fingerprint density at radius 1 is 1.09 bits per heavy atom. The number of para-hydroxylation sites is 1. The molecule has 22 heavy (non-hydrogen) atoms. The molecule has 0 saturated heterocycles. The summed E-state index contributed by atoms with van der Waals surface area (Å²) in [7, 11) is 0. The van der Waals surface area contributed by atoms with Gasteiger partial charge in [-0.1, -0.05) is 18.2 Å². The first kappa shape index (κ1) is 14.2. The number of hydrogen-bond donors (Lipinski definition) is 2. The smallest absolute Gasteiger partial charge is 0.405 e. The van der Waals surface area contributed by atoms with Crippen LogP contribution in [0.1, 0.15) is 5.56 Å². The first-order chi connectivity index (χ1) is 10.5. The summed E-state index contributed by atoms with van der Waals surface area (Å²) < 4.78 is 41.1. The van der Waals surface area contributed by atoms with Gasteiger partial charge in [0.2, 0.25) is 0 Å². The number of nitrogens with zero attached hydrogens (tertiary/aromatic N) is 1. The Bertz CT molecular complexity index is 783. The van der Waals surface area contributed by atoms with Gasteiger partial charge >= 0.3 is 6.36 Å². The van der Waals surface area contributed by atoms with Crippen LogP contribution in [0.25, 0.3) is 11.0 Å². The molecule has 3 rings (SSSR count). The van der Waals surface area contributed by atoms with Crippen molar-refractivity contribution in [2.45, 2.75) is 12.9 Å². The highest BCUT2D eigenvalue weighted by Gasteiger charge is 2.31. The number of aromatic amines is 1. The quantitative estimate of drug-likeness (QED) is 0.764. The first-order valence-corrected chi connectivity index (χ1v) is 6.53. The Labute approximate surface area is 123 Å². The molecule has 0 aliphatic carbocycles. The van der Waals surface area contributed by atoms with Gasteiger partial charge in [0.15, 0.2) is 0 Å². The number of benzene rings is 1. The fourth-order valence-corrected chi connectivity index (χ4v) is 2.09. The highest BCUT2D eigenvalue weighted by molar-refractivity contribution is 5.77. The molecule has 0 aliphatic rings. The van der Waals surface area contributed by atoms with E-state index >= 15 is 0 Å². The highest BCUT2D eigenvalue weighted by atomic mass is 19.4. The second-order valence-corrected chi connectivity index (χ2v) is 4.62. The molecule has 0 amide bonds. The monoisotopic (exact) mass is 307 g/mol. The van der Waals surface area contributed by atoms with Crippen LogP contribution in [0.4, 0.5) is 19.0 Å². The number of ether oxygens (including phenoxy) is 1. The third-order valence-corrected chi connectivity index (χ3v) is 3.07. The second-order valence-electron chi connectivity index (χ2n) is 4.62. The molecule has 2 N–H and O–H groups in total. The van der Waals surface area contributed by atoms with Crippen LogP contribution in [0.5, 0.6) is 5.75 Å². The number of alkyl halides is 3. The van der Waals surface area contributed by atoms with Gasteiger partial charge in [0.1, 0.15) is 17.2 Å². The van der Waals surface area contributed by atoms with Crippen molar-refractivity contribution in [3.8, 4) is 5.75 Å². The van der Waals surface area contributed by atoms with Gasteiger partial charge in [-0.15, -0.1) is 13.2 Å². The van der Waals surface area contributed by atoms with Crippen molar-refractivity contribution < 1.29 is 17.9 Å². The average molecular weight is 307 g/mol. The van der Waals surface area contributed by atoms with Crippen LogP contribution < -0.4 is 10.1 Å². The Balaban J connectivity index is 1.75. The maximum absolute atomic E-state index is 12.4. The molecule has 0 aliphatic heterocycles. The maximum Gasteiger partial charge on any atom is 0.573 e. The van der Waals surface area contributed by atoms with Crippen LogP contribution in [0, 0.1) is 0 Å². The van der Waals surface area contributed by atoms with Gasteiger partial charge < -0.3 is 15.0 Å². The van der Waals surface area contributed by atoms with Crippen LogP contribution in [0.3, 0.4) is 0 Å². The molecule has 4 nitrogen and oxygen atoms in total. The summed E-state index contributed by atoms with van der Waals surface area (Å²) in [5.74, 6) is 0.347. The Morgan fingerprint density at radius 2 is 1.91 bits per heavy atom. The molecular weight excluding hydrogens is 295 g/mol. The van der Waals surface area contributed by atoms with E-state index in [4.69, 9.17) is 0 Å². The zero-order valence-corrected chi connectivity index (χ0v) is 11.3. The summed E-state index contributed by atoms with van der Waals surface area (Å²) in [5, 5.41) is 3.95. The third-order valence-electron chi connectivity index (χ3n) is 3.07. The van der Waals surface area contributed by atoms with Crippen molar-refractivity contribution >= 4 is 16.9 Å². The Kier molecular flexibility index (Phi) is 3.62. The molecule has 0 saturated carbocycles. The van der Waals surface area contributed by atoms with E-state index in [0.29, 0.717) is 17.0 Å². The van der Waals surface area contributed by atoms with E-state index in [1.54, 1.807) is 24.4 Å². The lowest BCUT2D eigenvalue weighted by Gasteiger charge is -2.13. The number of aromatic nitrogens is 2. The van der Waals surface area contributed by atoms with E-state index in [9.17, 15) is 13.2 Å². The van der Waals surface area contributed by atoms with E-state index in [1.165, 1.54) is 12.1 Å². The normalized spacial score (nSPS) is 11.6. The summed E-state index contributed by atoms with van der Waals surface area (Å²) >= 11 is 0. The largest absolute Gasteiger partial charge is 0.573 e. The Hall–Kier alpha value is -2.70. The number of hydrogen-bond acceptors (Lipinski definition) is 3. The van der Waals surface area contributed by atoms with Crippen LogP contribution in [-0.2, 0) is 6.54 Å². The van der Waals surface area contributed by atoms with Gasteiger partial charge in [0.05, 0.1) is 0 Å². The van der Waals surface area contributed by atoms with Crippen molar-refractivity contribution in [3.05, 3.63) is 54.2 Å². The van der Waals surface area contributed by atoms with Gasteiger partial charge in [0.25, 0.3) is 0 Å². The summed E-state index contributed by atoms with van der Waals surface area (Å²) in [5.41, 5.74) is 1.11. The topological polar surface area (TPSA) is 49.9 Å². The molecule has 0 atom stereocenters. The molecule has 2 heterocycles. The summed E-state index contributed by atoms with van der Waals surface area (Å²) in [6.07, 6.45) is -2.94. The van der Waals surface area contributed by atoms with E-state index in [1.807, 2.05) is 12.1 Å². The lowest BCUT2D eigenvalue weighted by molar-refractivity contribution is -0.274. The van der Waals surface area contributed by atoms with E-state index in [0.717, 1.165) is 5.39 Å². The highest BCUT2D eigenvalue weighted by Crippen LogP contribution is 2.26. The van der Waals surface area contributed by atoms with E-state index < -0.39 is 6.36 Å². The van der Waals surface area contributed by atoms with Gasteiger partial charge in [-0.05, 0) is 24.3 Å². The molecular formula is C15H12F3N3O. The minimum Gasteiger partial charge on any atom is -0.405 e. The maximum atomic E-state index is 12.4. The predicted octanol–water partition coefficient (Wildman–Crippen LogP) is 4.07. The zero-order valence-electron chi connectivity index (χ0n) is 11.3. The van der Waals surface area contributed by atoms with Crippen LogP contribution in [-0.4, -0.2) is 16.3 Å². The molecule has 0 fully saturated rings. The van der Waals surface area contributed by atoms with Crippen molar-refractivity contribution in [3.63, 3.8) is 0 Å². The van der Waals surface area contributed by atoms with Crippen LogP contribution in [0.15, 0.2) is 48.7 Å². The fourth-order valence-electron chi connectivity index (χ4n) is 2.09. The van der Waals surface area contributed by atoms with Crippen molar-refractivity contribution in [1.82, 2.24) is 9.97 Å². The standard InChI is InChI=1S/C15H12F3N3O/c16-15(17,18)22-12-4-2-1-3-11(12)9-20-13-6-5-10-7-8-19-14(10)21-13/h1-8H,9H2,(H2,19,20,21). The molecule has 0 radical (unpaired) electrons. The molecule has 2 aromatic heterocycles. The first-order valence-electron chi connectivity index (χ1n) is 6.53. The fraction of sp³-hybridized carbons (Fsp3) is 0.133. The second kappa shape index (κ2) is 5.59. The molecule has 7 heteroatoms. The lowest BCUT2D eigenvalue weighted by atomic mass is 10.2. The minimum absolute atomic E-state index is 0.172. The van der Waals surface area contributed by atoms with E-state index in [-0.39, 0.29) is 12.3 Å². The lowest BCUT2D eigenvalue weighted by Crippen LogP contribution is -2.18. The average Bonchev–Trinajstić information content (AvgIpc) is 2.92. The molecule has 3 aromatic rings. The van der Waals surface area contributed by atoms with Crippen molar-refractivity contribution in [2.75, 3.05) is 5.32 Å². The number of halogens is 3. The molecule has 114 valence electrons. The third kappa shape index (κ3) is 3.30. The van der Waals surface area contributed by atoms with Gasteiger partial charge in [-0.25, -0.2) is 4.98 Å². The number of nitrogens with one attached hydrogen (secondary N) is 2. The predicted molar refractivity (Wildman–Crippen MR) is 76.5 cm³/mol. The minimum atomic E-state index is -4.71. The van der Waals surface area contributed by atoms with Crippen LogP contribution >= 0.6 is 0 Å². The summed E-state index contributed by atoms with van der Waals surface area (Å²) in [6, 6.07) is 11.5. The molecule has 1 aromatic carbocycles.